The Balaban J connectivity index is 0.00000133. The summed E-state index contributed by atoms with van der Waals surface area (Å²) in [6, 6.07) is 8.42. The summed E-state index contributed by atoms with van der Waals surface area (Å²) in [4.78, 5) is 8.80. The van der Waals surface area contributed by atoms with E-state index in [1.807, 2.05) is 33.0 Å². The molecule has 1 saturated heterocycles. The molecule has 2 aromatic carbocycles. The Morgan fingerprint density at radius 2 is 1.91 bits per heavy atom. The van der Waals surface area contributed by atoms with Gasteiger partial charge in [0.05, 0.1) is 22.8 Å². The van der Waals surface area contributed by atoms with Crippen LogP contribution in [0.2, 0.25) is 5.02 Å². The number of hydrogen-bond acceptors (Lipinski definition) is 6. The number of nitrogens with zero attached hydrogens (tertiary/aromatic N) is 2. The number of aromatic nitrogens is 2. The lowest BCUT2D eigenvalue weighted by atomic mass is 9.58. The molecule has 1 aliphatic carbocycles. The lowest BCUT2D eigenvalue weighted by molar-refractivity contribution is -0.00189. The number of hydrogen-bond donors (Lipinski definition) is 3. The van der Waals surface area contributed by atoms with E-state index in [0.29, 0.717) is 22.8 Å². The minimum Gasteiger partial charge on any atom is -0.491 e. The lowest BCUT2D eigenvalue weighted by Gasteiger charge is -2.50. The van der Waals surface area contributed by atoms with Crippen molar-refractivity contribution in [2.24, 2.45) is 11.3 Å². The van der Waals surface area contributed by atoms with Crippen LogP contribution in [-0.4, -0.2) is 36.7 Å². The van der Waals surface area contributed by atoms with Crippen molar-refractivity contribution in [2.45, 2.75) is 39.5 Å². The van der Waals surface area contributed by atoms with Gasteiger partial charge in [0, 0.05) is 24.2 Å². The fourth-order valence-electron chi connectivity index (χ4n) is 5.06. The summed E-state index contributed by atoms with van der Waals surface area (Å²) in [6.45, 7) is 7.00. The number of rotatable bonds is 6. The third kappa shape index (κ3) is 5.20. The highest BCUT2D eigenvalue weighted by Crippen LogP contribution is 2.51. The van der Waals surface area contributed by atoms with Gasteiger partial charge < -0.3 is 20.7 Å². The molecular formula is C26H33ClFN5O. The maximum Gasteiger partial charge on any atom is 0.144 e. The number of anilines is 3. The van der Waals surface area contributed by atoms with Crippen molar-refractivity contribution in [1.82, 2.24) is 15.3 Å². The average molecular weight is 486 g/mol. The van der Waals surface area contributed by atoms with E-state index in [9.17, 15) is 4.39 Å². The molecule has 0 amide bonds. The molecular weight excluding hydrogens is 453 g/mol. The molecule has 0 atom stereocenters. The molecule has 2 heterocycles. The molecule has 0 unspecified atom stereocenters. The third-order valence-electron chi connectivity index (χ3n) is 6.77. The van der Waals surface area contributed by atoms with E-state index >= 15 is 0 Å². The molecule has 6 nitrogen and oxygen atoms in total. The van der Waals surface area contributed by atoms with Gasteiger partial charge >= 0.3 is 0 Å². The van der Waals surface area contributed by atoms with E-state index in [2.05, 4.69) is 25.9 Å². The first-order chi connectivity index (χ1) is 16.5. The summed E-state index contributed by atoms with van der Waals surface area (Å²) < 4.78 is 19.7. The highest BCUT2D eigenvalue weighted by molar-refractivity contribution is 6.31. The van der Waals surface area contributed by atoms with Gasteiger partial charge in [-0.05, 0) is 74.4 Å². The zero-order valence-corrected chi connectivity index (χ0v) is 20.8. The van der Waals surface area contributed by atoms with Gasteiger partial charge in [-0.15, -0.1) is 0 Å². The highest BCUT2D eigenvalue weighted by atomic mass is 35.5. The van der Waals surface area contributed by atoms with Crippen LogP contribution in [0.3, 0.4) is 0 Å². The summed E-state index contributed by atoms with van der Waals surface area (Å²) in [5.74, 6) is 1.56. The molecule has 0 bridgehead atoms. The molecule has 5 rings (SSSR count). The van der Waals surface area contributed by atoms with Gasteiger partial charge in [0.1, 0.15) is 23.7 Å². The summed E-state index contributed by atoms with van der Waals surface area (Å²) >= 11 is 5.91. The molecule has 1 aliphatic heterocycles. The fourth-order valence-corrected chi connectivity index (χ4v) is 5.25. The second-order valence-electron chi connectivity index (χ2n) is 8.93. The zero-order valence-electron chi connectivity index (χ0n) is 20.0. The summed E-state index contributed by atoms with van der Waals surface area (Å²) in [6.07, 6.45) is 6.59. The quantitative estimate of drug-likeness (QED) is 0.375. The van der Waals surface area contributed by atoms with Crippen LogP contribution in [0, 0.1) is 17.2 Å². The van der Waals surface area contributed by atoms with Crippen LogP contribution < -0.4 is 20.7 Å². The smallest absolute Gasteiger partial charge is 0.144 e. The van der Waals surface area contributed by atoms with Gasteiger partial charge in [0.2, 0.25) is 0 Å². The van der Waals surface area contributed by atoms with Gasteiger partial charge in [-0.1, -0.05) is 25.4 Å². The van der Waals surface area contributed by atoms with Gasteiger partial charge in [-0.3, -0.25) is 0 Å². The molecule has 34 heavy (non-hydrogen) atoms. The highest BCUT2D eigenvalue weighted by Gasteiger charge is 2.44. The number of piperidine rings is 1. The van der Waals surface area contributed by atoms with E-state index in [0.717, 1.165) is 42.0 Å². The van der Waals surface area contributed by atoms with Crippen molar-refractivity contribution in [3.8, 4) is 5.75 Å². The van der Waals surface area contributed by atoms with Crippen molar-refractivity contribution in [3.05, 3.63) is 47.5 Å². The Labute approximate surface area is 205 Å². The Hall–Kier alpha value is -2.64. The van der Waals surface area contributed by atoms with E-state index < -0.39 is 5.82 Å². The molecule has 1 spiro atoms. The van der Waals surface area contributed by atoms with Crippen molar-refractivity contribution < 1.29 is 9.13 Å². The number of nitrogens with one attached hydrogen (secondary N) is 3. The van der Waals surface area contributed by atoms with Gasteiger partial charge in [0.15, 0.2) is 0 Å². The van der Waals surface area contributed by atoms with Crippen molar-refractivity contribution in [1.29, 1.82) is 0 Å². The molecule has 2 fully saturated rings. The molecule has 1 aromatic heterocycles. The Bertz CT molecular complexity index is 1130. The average Bonchev–Trinajstić information content (AvgIpc) is 2.85. The number of ether oxygens (including phenoxy) is 1. The summed E-state index contributed by atoms with van der Waals surface area (Å²) in [7, 11) is 1.87. The topological polar surface area (TPSA) is 71.1 Å². The Morgan fingerprint density at radius 3 is 2.62 bits per heavy atom. The minimum absolute atomic E-state index is 0.0576. The molecule has 182 valence electrons. The normalized spacial score (nSPS) is 17.0. The van der Waals surface area contributed by atoms with E-state index in [1.165, 1.54) is 44.1 Å². The van der Waals surface area contributed by atoms with Gasteiger partial charge in [-0.25, -0.2) is 14.4 Å². The van der Waals surface area contributed by atoms with Crippen LogP contribution in [0.25, 0.3) is 10.9 Å². The maximum absolute atomic E-state index is 13.5. The van der Waals surface area contributed by atoms with Crippen molar-refractivity contribution in [3.63, 3.8) is 0 Å². The van der Waals surface area contributed by atoms with Crippen LogP contribution in [0.1, 0.15) is 39.5 Å². The SMILES string of the molecule is CC.CNc1cc2c(Nc3ccc(F)c(Cl)c3)ncnc2cc1OCC1CC2(CCNCC2)C1. The monoisotopic (exact) mass is 485 g/mol. The zero-order chi connectivity index (χ0) is 24.1. The number of benzene rings is 2. The van der Waals surface area contributed by atoms with Gasteiger partial charge in [0.25, 0.3) is 0 Å². The number of fused-ring (bicyclic) bond motifs is 1. The van der Waals surface area contributed by atoms with Crippen LogP contribution in [0.15, 0.2) is 36.7 Å². The second-order valence-corrected chi connectivity index (χ2v) is 9.33. The maximum atomic E-state index is 13.5. The van der Waals surface area contributed by atoms with Crippen molar-refractivity contribution >= 4 is 39.7 Å². The molecule has 0 radical (unpaired) electrons. The van der Waals surface area contributed by atoms with E-state index in [1.54, 1.807) is 6.07 Å². The molecule has 1 saturated carbocycles. The first kappa shape index (κ1) is 24.5. The van der Waals surface area contributed by atoms with Crippen LogP contribution in [0.4, 0.5) is 21.6 Å². The first-order valence-corrected chi connectivity index (χ1v) is 12.5. The fraction of sp³-hybridized carbons (Fsp3) is 0.462. The van der Waals surface area contributed by atoms with Crippen LogP contribution in [-0.2, 0) is 0 Å². The largest absolute Gasteiger partial charge is 0.491 e. The van der Waals surface area contributed by atoms with Gasteiger partial charge in [-0.2, -0.15) is 0 Å². The third-order valence-corrected chi connectivity index (χ3v) is 7.06. The van der Waals surface area contributed by atoms with Crippen LogP contribution >= 0.6 is 11.6 Å². The summed E-state index contributed by atoms with van der Waals surface area (Å²) in [5, 5.41) is 10.8. The van der Waals surface area contributed by atoms with Crippen molar-refractivity contribution in [2.75, 3.05) is 37.4 Å². The summed E-state index contributed by atoms with van der Waals surface area (Å²) in [5.41, 5.74) is 2.85. The first-order valence-electron chi connectivity index (χ1n) is 12.1. The molecule has 3 aromatic rings. The predicted octanol–water partition coefficient (Wildman–Crippen LogP) is 6.39. The lowest BCUT2D eigenvalue weighted by Crippen LogP contribution is -2.46. The Morgan fingerprint density at radius 1 is 1.15 bits per heavy atom. The minimum atomic E-state index is -0.457. The molecule has 3 N–H and O–H groups in total. The predicted molar refractivity (Wildman–Crippen MR) is 138 cm³/mol. The molecule has 8 heteroatoms. The van der Waals surface area contributed by atoms with E-state index in [4.69, 9.17) is 16.3 Å². The Kier molecular flexibility index (Phi) is 7.73. The standard InChI is InChI=1S/C24H27ClFN5O.C2H6/c1-27-21-9-17-20(29-14-30-23(17)31-16-2-3-19(26)18(25)8-16)10-22(21)32-13-15-11-24(12-15)4-6-28-7-5-24;1-2/h2-3,8-10,14-15,27-28H,4-7,11-13H2,1H3,(H,29,30,31);1-2H3. The molecule has 2 aliphatic rings. The van der Waals surface area contributed by atoms with Crippen LogP contribution in [0.5, 0.6) is 5.75 Å². The van der Waals surface area contributed by atoms with E-state index in [-0.39, 0.29) is 5.02 Å². The number of halogens is 2. The second kappa shape index (κ2) is 10.7.